The molecule has 0 unspecified atom stereocenters. The Hall–Kier alpha value is -8.58. The molecule has 354 valence electrons. The summed E-state index contributed by atoms with van der Waals surface area (Å²) in [5, 5.41) is 14.9. The average Bonchev–Trinajstić information content (AvgIpc) is 3.44. The Bertz CT molecular complexity index is 3920. The summed E-state index contributed by atoms with van der Waals surface area (Å²) in [5.74, 6) is 0. The van der Waals surface area contributed by atoms with Gasteiger partial charge in [0, 0.05) is 0 Å². The van der Waals surface area contributed by atoms with Gasteiger partial charge in [-0.05, 0) is 178 Å². The zero-order chi connectivity index (χ0) is 50.3. The molecule has 0 spiro atoms. The van der Waals surface area contributed by atoms with E-state index in [1.54, 1.807) is 0 Å². The van der Waals surface area contributed by atoms with Crippen molar-refractivity contribution in [1.82, 2.24) is 0 Å². The molecule has 0 radical (unpaired) electrons. The van der Waals surface area contributed by atoms with E-state index in [0.29, 0.717) is 0 Å². The molecule has 0 saturated carbocycles. The maximum absolute atomic E-state index is 2.51. The molecule has 0 aliphatic rings. The topological polar surface area (TPSA) is 0 Å². The first-order valence-electron chi connectivity index (χ1n) is 26.2. The lowest BCUT2D eigenvalue weighted by atomic mass is 9.80. The third kappa shape index (κ3) is 7.59. The molecule has 13 aromatic rings. The van der Waals surface area contributed by atoms with E-state index in [-0.39, 0.29) is 10.8 Å². The third-order valence-electron chi connectivity index (χ3n) is 15.8. The van der Waals surface area contributed by atoms with Crippen molar-refractivity contribution in [3.8, 4) is 66.8 Å². The summed E-state index contributed by atoms with van der Waals surface area (Å²) >= 11 is 0. The molecule has 0 bridgehead atoms. The standard InChI is InChI=1S/C74H58/c1-73(2,3)53-39-35-47(36-40-53)63-45-65-51(43-67(63)71-59-29-17-13-25-55(59)69(49-21-9-7-10-22-49)56-26-14-18-30-60(56)71)33-34-52-44-68(64(46-66(52)65)48-37-41-54(42-38-48)74(4,5)6)72-61-31-19-15-27-57(61)70(50-23-11-8-12-24-50)58-28-16-20-32-62(58)72/h7-46H,1-6H3. The van der Waals surface area contributed by atoms with Crippen LogP contribution in [0.4, 0.5) is 0 Å². The molecule has 0 saturated heterocycles. The van der Waals surface area contributed by atoms with Crippen molar-refractivity contribution < 1.29 is 0 Å². The van der Waals surface area contributed by atoms with Crippen LogP contribution in [-0.4, -0.2) is 0 Å². The van der Waals surface area contributed by atoms with Gasteiger partial charge in [-0.2, -0.15) is 0 Å². The second-order valence-electron chi connectivity index (χ2n) is 22.4. The van der Waals surface area contributed by atoms with Crippen LogP contribution in [0.25, 0.3) is 131 Å². The first kappa shape index (κ1) is 45.3. The van der Waals surface area contributed by atoms with Gasteiger partial charge in [0.15, 0.2) is 0 Å². The zero-order valence-electron chi connectivity index (χ0n) is 43.1. The minimum atomic E-state index is 0.0261. The summed E-state index contributed by atoms with van der Waals surface area (Å²) < 4.78 is 0. The lowest BCUT2D eigenvalue weighted by molar-refractivity contribution is 0.590. The summed E-state index contributed by atoms with van der Waals surface area (Å²) in [4.78, 5) is 0. The van der Waals surface area contributed by atoms with Crippen molar-refractivity contribution in [2.24, 2.45) is 0 Å². The fourth-order valence-corrected chi connectivity index (χ4v) is 12.0. The Labute approximate surface area is 435 Å². The van der Waals surface area contributed by atoms with Crippen LogP contribution in [0.3, 0.4) is 0 Å². The minimum Gasteiger partial charge on any atom is -0.0622 e. The van der Waals surface area contributed by atoms with Crippen molar-refractivity contribution in [1.29, 1.82) is 0 Å². The number of fused-ring (bicyclic) bond motifs is 7. The number of hydrogen-bond donors (Lipinski definition) is 0. The van der Waals surface area contributed by atoms with E-state index < -0.39 is 0 Å². The summed E-state index contributed by atoms with van der Waals surface area (Å²) in [6.07, 6.45) is 0. The lowest BCUT2D eigenvalue weighted by Crippen LogP contribution is -2.10. The smallest absolute Gasteiger partial charge is 0.00199 e. The van der Waals surface area contributed by atoms with Crippen LogP contribution < -0.4 is 0 Å². The highest BCUT2D eigenvalue weighted by atomic mass is 14.3. The van der Waals surface area contributed by atoms with Crippen molar-refractivity contribution in [3.63, 3.8) is 0 Å². The van der Waals surface area contributed by atoms with Gasteiger partial charge in [-0.1, -0.05) is 260 Å². The fraction of sp³-hybridized carbons (Fsp3) is 0.108. The summed E-state index contributed by atoms with van der Waals surface area (Å²) in [6.45, 7) is 13.8. The maximum atomic E-state index is 2.51. The molecule has 0 atom stereocenters. The monoisotopic (exact) mass is 946 g/mol. The van der Waals surface area contributed by atoms with Crippen LogP contribution in [0, 0.1) is 0 Å². The van der Waals surface area contributed by atoms with Crippen LogP contribution in [0.15, 0.2) is 243 Å². The minimum absolute atomic E-state index is 0.0261. The molecular weight excluding hydrogens is 889 g/mol. The van der Waals surface area contributed by atoms with E-state index >= 15 is 0 Å². The van der Waals surface area contributed by atoms with Crippen molar-refractivity contribution >= 4 is 64.6 Å². The first-order valence-corrected chi connectivity index (χ1v) is 26.2. The highest BCUT2D eigenvalue weighted by Gasteiger charge is 2.24. The van der Waals surface area contributed by atoms with Gasteiger partial charge in [0.2, 0.25) is 0 Å². The van der Waals surface area contributed by atoms with Gasteiger partial charge in [-0.25, -0.2) is 0 Å². The first-order chi connectivity index (χ1) is 36.0. The molecule has 74 heavy (non-hydrogen) atoms. The lowest BCUT2D eigenvalue weighted by Gasteiger charge is -2.23. The quantitative estimate of drug-likeness (QED) is 0.115. The highest BCUT2D eigenvalue weighted by Crippen LogP contribution is 2.51. The molecule has 0 aliphatic carbocycles. The van der Waals surface area contributed by atoms with Gasteiger partial charge in [0.25, 0.3) is 0 Å². The van der Waals surface area contributed by atoms with E-state index in [4.69, 9.17) is 0 Å². The predicted molar refractivity (Wildman–Crippen MR) is 321 cm³/mol. The molecule has 0 aliphatic heterocycles. The Morgan fingerprint density at radius 3 is 0.757 bits per heavy atom. The normalized spacial score (nSPS) is 12.2. The Morgan fingerprint density at radius 1 is 0.203 bits per heavy atom. The Balaban J connectivity index is 1.13. The Kier molecular flexibility index (Phi) is 10.8. The van der Waals surface area contributed by atoms with Gasteiger partial charge in [-0.3, -0.25) is 0 Å². The van der Waals surface area contributed by atoms with Gasteiger partial charge in [0.05, 0.1) is 0 Å². The molecule has 0 N–H and O–H groups in total. The average molecular weight is 947 g/mol. The van der Waals surface area contributed by atoms with Gasteiger partial charge in [0.1, 0.15) is 0 Å². The second-order valence-corrected chi connectivity index (χ2v) is 22.4. The SMILES string of the molecule is CC(C)(C)c1ccc(-c2cc3c(ccc4cc(-c5c6ccccc6c(-c6ccccc6)c6ccccc56)c(-c5ccc(C(C)(C)C)cc5)cc43)cc2-c2c3ccccc3c(-c3ccccc3)c3ccccc23)cc1. The predicted octanol–water partition coefficient (Wildman–Crippen LogP) is 21.2. The number of benzene rings is 13. The largest absolute Gasteiger partial charge is 0.0622 e. The zero-order valence-corrected chi connectivity index (χ0v) is 43.1. The van der Waals surface area contributed by atoms with Crippen LogP contribution in [0.2, 0.25) is 0 Å². The van der Waals surface area contributed by atoms with Gasteiger partial charge in [-0.15, -0.1) is 0 Å². The number of hydrogen-bond acceptors (Lipinski definition) is 0. The van der Waals surface area contributed by atoms with Crippen LogP contribution >= 0.6 is 0 Å². The number of rotatable bonds is 6. The molecular formula is C74H58. The highest BCUT2D eigenvalue weighted by molar-refractivity contribution is 6.26. The van der Waals surface area contributed by atoms with E-state index in [1.165, 1.54) is 143 Å². The summed E-state index contributed by atoms with van der Waals surface area (Å²) in [6, 6.07) is 91.5. The third-order valence-corrected chi connectivity index (χ3v) is 15.8. The van der Waals surface area contributed by atoms with Crippen LogP contribution in [0.5, 0.6) is 0 Å². The molecule has 0 amide bonds. The van der Waals surface area contributed by atoms with Gasteiger partial charge < -0.3 is 0 Å². The molecule has 13 rings (SSSR count). The Morgan fingerprint density at radius 2 is 0.473 bits per heavy atom. The molecule has 13 aromatic carbocycles. The summed E-state index contributed by atoms with van der Waals surface area (Å²) in [5.41, 5.74) is 17.6. The van der Waals surface area contributed by atoms with Crippen LogP contribution in [0.1, 0.15) is 52.7 Å². The second kappa shape index (κ2) is 17.6. The van der Waals surface area contributed by atoms with E-state index in [0.717, 1.165) is 0 Å². The molecule has 0 heterocycles. The van der Waals surface area contributed by atoms with E-state index in [9.17, 15) is 0 Å². The van der Waals surface area contributed by atoms with Gasteiger partial charge >= 0.3 is 0 Å². The van der Waals surface area contributed by atoms with Crippen molar-refractivity contribution in [3.05, 3.63) is 254 Å². The van der Waals surface area contributed by atoms with Crippen molar-refractivity contribution in [2.75, 3.05) is 0 Å². The van der Waals surface area contributed by atoms with E-state index in [2.05, 4.69) is 284 Å². The summed E-state index contributed by atoms with van der Waals surface area (Å²) in [7, 11) is 0. The molecule has 0 fully saturated rings. The van der Waals surface area contributed by atoms with Crippen molar-refractivity contribution in [2.45, 2.75) is 52.4 Å². The maximum Gasteiger partial charge on any atom is -0.00199 e. The molecule has 0 aromatic heterocycles. The van der Waals surface area contributed by atoms with Crippen LogP contribution in [-0.2, 0) is 10.8 Å². The molecule has 0 nitrogen and oxygen atoms in total. The fourth-order valence-electron chi connectivity index (χ4n) is 12.0. The van der Waals surface area contributed by atoms with E-state index in [1.807, 2.05) is 0 Å². The molecule has 0 heteroatoms.